The maximum Gasteiger partial charge on any atom is 0.305 e. The molecule has 0 amide bonds. The Morgan fingerprint density at radius 3 is 2.42 bits per heavy atom. The highest BCUT2D eigenvalue weighted by molar-refractivity contribution is 5.69. The molecule has 0 saturated heterocycles. The van der Waals surface area contributed by atoms with Crippen LogP contribution in [0, 0.1) is 0 Å². The normalized spacial score (nSPS) is 11.8. The van der Waals surface area contributed by atoms with Gasteiger partial charge in [0, 0.05) is 12.5 Å². The molecule has 1 atom stereocenters. The van der Waals surface area contributed by atoms with Crippen molar-refractivity contribution in [3.05, 3.63) is 23.8 Å². The Bertz CT molecular complexity index is 420. The predicted octanol–water partition coefficient (Wildman–Crippen LogP) is 1.92. The molecule has 1 rings (SSSR count). The fourth-order valence-electron chi connectivity index (χ4n) is 1.91. The molecule has 0 aliphatic rings. The molecule has 19 heavy (non-hydrogen) atoms. The molecule has 0 radical (unpaired) electrons. The molecule has 0 spiro atoms. The Hall–Kier alpha value is -1.75. The third-order valence-corrected chi connectivity index (χ3v) is 3.02. The van der Waals surface area contributed by atoms with Gasteiger partial charge in [-0.2, -0.15) is 0 Å². The molecule has 1 unspecified atom stereocenters. The minimum atomic E-state index is -0.208. The number of benzene rings is 1. The van der Waals surface area contributed by atoms with E-state index in [4.69, 9.17) is 9.47 Å². The zero-order valence-corrected chi connectivity index (χ0v) is 11.9. The van der Waals surface area contributed by atoms with Crippen LogP contribution >= 0.6 is 0 Å². The van der Waals surface area contributed by atoms with Crippen molar-refractivity contribution in [2.24, 2.45) is 0 Å². The molecule has 0 aromatic heterocycles. The summed E-state index contributed by atoms with van der Waals surface area (Å²) in [5.41, 5.74) is 1.05. The molecule has 0 aliphatic carbocycles. The molecule has 0 fully saturated rings. The average Bonchev–Trinajstić information content (AvgIpc) is 2.47. The fraction of sp³-hybridized carbons (Fsp3) is 0.500. The van der Waals surface area contributed by atoms with Crippen molar-refractivity contribution in [3.63, 3.8) is 0 Å². The number of ether oxygens (including phenoxy) is 3. The van der Waals surface area contributed by atoms with Crippen LogP contribution in [-0.2, 0) is 9.53 Å². The third kappa shape index (κ3) is 4.13. The summed E-state index contributed by atoms with van der Waals surface area (Å²) in [6.07, 6.45) is 1.04. The first-order chi connectivity index (χ1) is 9.15. The standard InChI is InChI=1S/C14H21NO4/c1-15-11(6-8-14(16)19-4)10-5-7-12(17-2)13(9-10)18-3/h5,7,9,11,15H,6,8H2,1-4H3. The highest BCUT2D eigenvalue weighted by Gasteiger charge is 2.14. The molecule has 0 bridgehead atoms. The Morgan fingerprint density at radius 2 is 1.89 bits per heavy atom. The van der Waals surface area contributed by atoms with Crippen molar-refractivity contribution in [3.8, 4) is 11.5 Å². The molecule has 0 aliphatic heterocycles. The molecule has 0 heterocycles. The fourth-order valence-corrected chi connectivity index (χ4v) is 1.91. The van der Waals surface area contributed by atoms with Gasteiger partial charge in [0.2, 0.25) is 0 Å². The smallest absolute Gasteiger partial charge is 0.305 e. The predicted molar refractivity (Wildman–Crippen MR) is 72.6 cm³/mol. The lowest BCUT2D eigenvalue weighted by molar-refractivity contribution is -0.140. The summed E-state index contributed by atoms with van der Waals surface area (Å²) in [5, 5.41) is 3.18. The third-order valence-electron chi connectivity index (χ3n) is 3.02. The van der Waals surface area contributed by atoms with Gasteiger partial charge in [0.05, 0.1) is 21.3 Å². The monoisotopic (exact) mass is 267 g/mol. The second kappa shape index (κ2) is 7.63. The lowest BCUT2D eigenvalue weighted by Gasteiger charge is -2.18. The largest absolute Gasteiger partial charge is 0.493 e. The van der Waals surface area contributed by atoms with Crippen molar-refractivity contribution in [2.75, 3.05) is 28.4 Å². The van der Waals surface area contributed by atoms with E-state index in [2.05, 4.69) is 10.1 Å². The molecular weight excluding hydrogens is 246 g/mol. The lowest BCUT2D eigenvalue weighted by atomic mass is 10.0. The Kier molecular flexibility index (Phi) is 6.15. The van der Waals surface area contributed by atoms with Gasteiger partial charge < -0.3 is 19.5 Å². The van der Waals surface area contributed by atoms with Crippen LogP contribution in [0.4, 0.5) is 0 Å². The SMILES string of the molecule is CNC(CCC(=O)OC)c1ccc(OC)c(OC)c1. The van der Waals surface area contributed by atoms with E-state index in [0.717, 1.165) is 5.56 Å². The summed E-state index contributed by atoms with van der Waals surface area (Å²) in [7, 11) is 6.46. The highest BCUT2D eigenvalue weighted by Crippen LogP contribution is 2.31. The van der Waals surface area contributed by atoms with Crippen molar-refractivity contribution in [2.45, 2.75) is 18.9 Å². The summed E-state index contributed by atoms with van der Waals surface area (Å²) in [4.78, 5) is 11.2. The molecule has 0 saturated carbocycles. The minimum Gasteiger partial charge on any atom is -0.493 e. The van der Waals surface area contributed by atoms with Gasteiger partial charge in [-0.25, -0.2) is 0 Å². The van der Waals surface area contributed by atoms with Gasteiger partial charge in [-0.15, -0.1) is 0 Å². The lowest BCUT2D eigenvalue weighted by Crippen LogP contribution is -2.18. The van der Waals surface area contributed by atoms with E-state index in [0.29, 0.717) is 24.3 Å². The zero-order valence-electron chi connectivity index (χ0n) is 11.9. The Balaban J connectivity index is 2.83. The summed E-state index contributed by atoms with van der Waals surface area (Å²) in [6, 6.07) is 5.80. The van der Waals surface area contributed by atoms with Gasteiger partial charge >= 0.3 is 5.97 Å². The topological polar surface area (TPSA) is 56.8 Å². The average molecular weight is 267 g/mol. The van der Waals surface area contributed by atoms with Gasteiger partial charge in [-0.1, -0.05) is 6.07 Å². The Labute approximate surface area is 113 Å². The van der Waals surface area contributed by atoms with Gasteiger partial charge in [0.25, 0.3) is 0 Å². The second-order valence-electron chi connectivity index (χ2n) is 4.07. The maximum atomic E-state index is 11.2. The van der Waals surface area contributed by atoms with E-state index < -0.39 is 0 Å². The van der Waals surface area contributed by atoms with Crippen LogP contribution in [0.3, 0.4) is 0 Å². The van der Waals surface area contributed by atoms with E-state index in [1.54, 1.807) is 14.2 Å². The molecular formula is C14H21NO4. The number of hydrogen-bond donors (Lipinski definition) is 1. The van der Waals surface area contributed by atoms with Crippen LogP contribution in [0.1, 0.15) is 24.4 Å². The number of rotatable bonds is 7. The van der Waals surface area contributed by atoms with Crippen LogP contribution in [0.5, 0.6) is 11.5 Å². The number of esters is 1. The summed E-state index contributed by atoms with van der Waals surface area (Å²) < 4.78 is 15.1. The first-order valence-electron chi connectivity index (χ1n) is 6.12. The van der Waals surface area contributed by atoms with Gasteiger partial charge in [-0.05, 0) is 31.2 Å². The summed E-state index contributed by atoms with van der Waals surface area (Å²) >= 11 is 0. The first kappa shape index (κ1) is 15.3. The van der Waals surface area contributed by atoms with E-state index in [9.17, 15) is 4.79 Å². The van der Waals surface area contributed by atoms with Crippen molar-refractivity contribution in [1.29, 1.82) is 0 Å². The molecule has 1 N–H and O–H groups in total. The van der Waals surface area contributed by atoms with Crippen LogP contribution in [0.2, 0.25) is 0 Å². The van der Waals surface area contributed by atoms with E-state index >= 15 is 0 Å². The number of hydrogen-bond acceptors (Lipinski definition) is 5. The summed E-state index contributed by atoms with van der Waals surface area (Å²) in [5.74, 6) is 1.16. The van der Waals surface area contributed by atoms with Crippen LogP contribution in [0.25, 0.3) is 0 Å². The molecule has 5 heteroatoms. The molecule has 106 valence electrons. The first-order valence-corrected chi connectivity index (χ1v) is 6.12. The van der Waals surface area contributed by atoms with Gasteiger partial charge in [0.15, 0.2) is 11.5 Å². The number of carbonyl (C=O) groups excluding carboxylic acids is 1. The molecule has 5 nitrogen and oxygen atoms in total. The quantitative estimate of drug-likeness (QED) is 0.765. The van der Waals surface area contributed by atoms with E-state index in [1.807, 2.05) is 25.2 Å². The highest BCUT2D eigenvalue weighted by atomic mass is 16.5. The maximum absolute atomic E-state index is 11.2. The number of carbonyl (C=O) groups is 1. The molecule has 1 aromatic rings. The zero-order chi connectivity index (χ0) is 14.3. The van der Waals surface area contributed by atoms with E-state index in [1.165, 1.54) is 7.11 Å². The molecule has 1 aromatic carbocycles. The van der Waals surface area contributed by atoms with Gasteiger partial charge in [-0.3, -0.25) is 4.79 Å². The van der Waals surface area contributed by atoms with Crippen molar-refractivity contribution in [1.82, 2.24) is 5.32 Å². The minimum absolute atomic E-state index is 0.0684. The second-order valence-corrected chi connectivity index (χ2v) is 4.07. The van der Waals surface area contributed by atoms with Crippen molar-refractivity contribution < 1.29 is 19.0 Å². The van der Waals surface area contributed by atoms with Gasteiger partial charge in [0.1, 0.15) is 0 Å². The van der Waals surface area contributed by atoms with Crippen LogP contribution in [0.15, 0.2) is 18.2 Å². The van der Waals surface area contributed by atoms with Crippen molar-refractivity contribution >= 4 is 5.97 Å². The van der Waals surface area contributed by atoms with E-state index in [-0.39, 0.29) is 12.0 Å². The summed E-state index contributed by atoms with van der Waals surface area (Å²) in [6.45, 7) is 0. The number of methoxy groups -OCH3 is 3. The van der Waals surface area contributed by atoms with Crippen LogP contribution in [-0.4, -0.2) is 34.3 Å². The number of nitrogens with one attached hydrogen (secondary N) is 1. The Morgan fingerprint density at radius 1 is 1.21 bits per heavy atom. The van der Waals surface area contributed by atoms with Crippen LogP contribution < -0.4 is 14.8 Å².